The van der Waals surface area contributed by atoms with E-state index in [9.17, 15) is 19.1 Å². The number of rotatable bonds is 4. The van der Waals surface area contributed by atoms with E-state index in [1.165, 1.54) is 17.0 Å². The molecule has 138 valence electrons. The van der Waals surface area contributed by atoms with Crippen LogP contribution in [0.5, 0.6) is 0 Å². The molecule has 0 aromatic heterocycles. The van der Waals surface area contributed by atoms with E-state index in [0.29, 0.717) is 18.7 Å². The Kier molecular flexibility index (Phi) is 6.00. The Labute approximate surface area is 146 Å². The van der Waals surface area contributed by atoms with Gasteiger partial charge in [-0.1, -0.05) is 12.1 Å². The predicted octanol–water partition coefficient (Wildman–Crippen LogP) is 3.02. The van der Waals surface area contributed by atoms with Crippen molar-refractivity contribution in [1.29, 1.82) is 0 Å². The van der Waals surface area contributed by atoms with Crippen LogP contribution in [-0.4, -0.2) is 53.5 Å². The number of hydrogen-bond acceptors (Lipinski definition) is 4. The SMILES string of the molecule is CC(C)(C)OC(=O)N1CCOC(C(CC(=O)O)c2ccc(F)cc2)C1. The highest BCUT2D eigenvalue weighted by Crippen LogP contribution is 2.29. The van der Waals surface area contributed by atoms with Crippen LogP contribution in [0.2, 0.25) is 0 Å². The Balaban J connectivity index is 2.15. The Morgan fingerprint density at radius 1 is 1.36 bits per heavy atom. The van der Waals surface area contributed by atoms with Gasteiger partial charge in [-0.2, -0.15) is 0 Å². The van der Waals surface area contributed by atoms with E-state index < -0.39 is 35.5 Å². The van der Waals surface area contributed by atoms with Gasteiger partial charge in [0.2, 0.25) is 0 Å². The van der Waals surface area contributed by atoms with Crippen molar-refractivity contribution in [3.63, 3.8) is 0 Å². The lowest BCUT2D eigenvalue weighted by atomic mass is 9.89. The van der Waals surface area contributed by atoms with Gasteiger partial charge in [-0.25, -0.2) is 9.18 Å². The Morgan fingerprint density at radius 2 is 2.00 bits per heavy atom. The van der Waals surface area contributed by atoms with Crippen molar-refractivity contribution in [3.8, 4) is 0 Å². The first kappa shape index (κ1) is 19.2. The number of carboxylic acids is 1. The molecule has 2 unspecified atom stereocenters. The van der Waals surface area contributed by atoms with E-state index in [1.54, 1.807) is 32.9 Å². The van der Waals surface area contributed by atoms with Gasteiger partial charge in [-0.05, 0) is 38.5 Å². The van der Waals surface area contributed by atoms with Crippen LogP contribution >= 0.6 is 0 Å². The lowest BCUT2D eigenvalue weighted by Crippen LogP contribution is -2.49. The van der Waals surface area contributed by atoms with Gasteiger partial charge >= 0.3 is 12.1 Å². The van der Waals surface area contributed by atoms with Crippen molar-refractivity contribution in [1.82, 2.24) is 4.90 Å². The van der Waals surface area contributed by atoms with E-state index in [4.69, 9.17) is 9.47 Å². The molecule has 6 nitrogen and oxygen atoms in total. The maximum Gasteiger partial charge on any atom is 0.410 e. The second-order valence-corrected chi connectivity index (χ2v) is 7.09. The molecule has 1 N–H and O–H groups in total. The Morgan fingerprint density at radius 3 is 2.56 bits per heavy atom. The van der Waals surface area contributed by atoms with Crippen LogP contribution in [0.25, 0.3) is 0 Å². The third kappa shape index (κ3) is 5.70. The molecule has 2 atom stereocenters. The number of carbonyl (C=O) groups excluding carboxylic acids is 1. The molecule has 0 bridgehead atoms. The molecule has 1 amide bonds. The average Bonchev–Trinajstić information content (AvgIpc) is 2.52. The average molecular weight is 353 g/mol. The Hall–Kier alpha value is -2.15. The monoisotopic (exact) mass is 353 g/mol. The number of benzene rings is 1. The molecule has 1 fully saturated rings. The van der Waals surface area contributed by atoms with Gasteiger partial charge in [0.05, 0.1) is 25.7 Å². The van der Waals surface area contributed by atoms with Gasteiger partial charge < -0.3 is 19.5 Å². The summed E-state index contributed by atoms with van der Waals surface area (Å²) in [4.78, 5) is 25.1. The van der Waals surface area contributed by atoms with Crippen molar-refractivity contribution < 1.29 is 28.6 Å². The first-order valence-corrected chi connectivity index (χ1v) is 8.22. The number of carboxylic acid groups (broad SMARTS) is 1. The molecular weight excluding hydrogens is 329 g/mol. The molecular formula is C18H24FNO5. The molecule has 1 aromatic carbocycles. The minimum Gasteiger partial charge on any atom is -0.481 e. The normalized spacial score (nSPS) is 19.4. The largest absolute Gasteiger partial charge is 0.481 e. The van der Waals surface area contributed by atoms with Crippen LogP contribution in [0.1, 0.15) is 38.7 Å². The van der Waals surface area contributed by atoms with Crippen LogP contribution in [0.3, 0.4) is 0 Å². The number of morpholine rings is 1. The van der Waals surface area contributed by atoms with E-state index >= 15 is 0 Å². The third-order valence-electron chi connectivity index (χ3n) is 3.89. The topological polar surface area (TPSA) is 76.1 Å². The van der Waals surface area contributed by atoms with E-state index in [-0.39, 0.29) is 13.0 Å². The van der Waals surface area contributed by atoms with Crippen molar-refractivity contribution in [2.24, 2.45) is 0 Å². The van der Waals surface area contributed by atoms with Crippen LogP contribution in [-0.2, 0) is 14.3 Å². The maximum absolute atomic E-state index is 13.2. The highest BCUT2D eigenvalue weighted by atomic mass is 19.1. The zero-order valence-corrected chi connectivity index (χ0v) is 14.7. The van der Waals surface area contributed by atoms with Gasteiger partial charge in [-0.15, -0.1) is 0 Å². The lowest BCUT2D eigenvalue weighted by Gasteiger charge is -2.37. The smallest absolute Gasteiger partial charge is 0.410 e. The van der Waals surface area contributed by atoms with Crippen LogP contribution in [0.4, 0.5) is 9.18 Å². The predicted molar refractivity (Wildman–Crippen MR) is 88.9 cm³/mol. The molecule has 1 aliphatic rings. The maximum atomic E-state index is 13.2. The lowest BCUT2D eigenvalue weighted by molar-refractivity contribution is -0.139. The first-order chi connectivity index (χ1) is 11.7. The fraction of sp³-hybridized carbons (Fsp3) is 0.556. The van der Waals surface area contributed by atoms with Crippen molar-refractivity contribution in [2.75, 3.05) is 19.7 Å². The highest BCUT2D eigenvalue weighted by Gasteiger charge is 2.34. The number of aliphatic carboxylic acids is 1. The summed E-state index contributed by atoms with van der Waals surface area (Å²) in [7, 11) is 0. The van der Waals surface area contributed by atoms with Gasteiger partial charge in [-0.3, -0.25) is 4.79 Å². The van der Waals surface area contributed by atoms with E-state index in [1.807, 2.05) is 0 Å². The minimum absolute atomic E-state index is 0.168. The fourth-order valence-corrected chi connectivity index (χ4v) is 2.77. The number of halogens is 1. The summed E-state index contributed by atoms with van der Waals surface area (Å²) >= 11 is 0. The molecule has 7 heteroatoms. The highest BCUT2D eigenvalue weighted by molar-refractivity contribution is 5.69. The molecule has 1 aromatic rings. The zero-order valence-electron chi connectivity index (χ0n) is 14.7. The molecule has 1 heterocycles. The molecule has 0 radical (unpaired) electrons. The zero-order chi connectivity index (χ0) is 18.6. The van der Waals surface area contributed by atoms with Gasteiger partial charge in [0.15, 0.2) is 0 Å². The van der Waals surface area contributed by atoms with E-state index in [0.717, 1.165) is 0 Å². The molecule has 0 spiro atoms. The summed E-state index contributed by atoms with van der Waals surface area (Å²) in [6.07, 6.45) is -1.12. The minimum atomic E-state index is -0.979. The summed E-state index contributed by atoms with van der Waals surface area (Å²) in [5.74, 6) is -1.85. The second-order valence-electron chi connectivity index (χ2n) is 7.09. The quantitative estimate of drug-likeness (QED) is 0.900. The first-order valence-electron chi connectivity index (χ1n) is 8.22. The molecule has 1 aliphatic heterocycles. The summed E-state index contributed by atoms with van der Waals surface area (Å²) in [6.45, 7) is 6.26. The van der Waals surface area contributed by atoms with Gasteiger partial charge in [0.1, 0.15) is 11.4 Å². The number of ether oxygens (including phenoxy) is 2. The molecule has 2 rings (SSSR count). The number of hydrogen-bond donors (Lipinski definition) is 1. The fourth-order valence-electron chi connectivity index (χ4n) is 2.77. The van der Waals surface area contributed by atoms with Crippen LogP contribution < -0.4 is 0 Å². The van der Waals surface area contributed by atoms with E-state index in [2.05, 4.69) is 0 Å². The summed E-state index contributed by atoms with van der Waals surface area (Å²) in [5.41, 5.74) is 0.0577. The van der Waals surface area contributed by atoms with Crippen molar-refractivity contribution in [2.45, 2.75) is 44.8 Å². The molecule has 0 saturated carbocycles. The number of amides is 1. The molecule has 25 heavy (non-hydrogen) atoms. The summed E-state index contributed by atoms with van der Waals surface area (Å²) in [5, 5.41) is 9.22. The van der Waals surface area contributed by atoms with Crippen LogP contribution in [0.15, 0.2) is 24.3 Å². The number of nitrogens with zero attached hydrogens (tertiary/aromatic N) is 1. The third-order valence-corrected chi connectivity index (χ3v) is 3.89. The van der Waals surface area contributed by atoms with Crippen LogP contribution in [0, 0.1) is 5.82 Å². The van der Waals surface area contributed by atoms with Crippen molar-refractivity contribution in [3.05, 3.63) is 35.6 Å². The van der Waals surface area contributed by atoms with Gasteiger partial charge in [0.25, 0.3) is 0 Å². The van der Waals surface area contributed by atoms with Crippen molar-refractivity contribution >= 4 is 12.1 Å². The van der Waals surface area contributed by atoms with Gasteiger partial charge in [0, 0.05) is 12.5 Å². The second kappa shape index (κ2) is 7.82. The number of carbonyl (C=O) groups is 2. The summed E-state index contributed by atoms with van der Waals surface area (Å²) in [6, 6.07) is 5.69. The Bertz CT molecular complexity index is 611. The standard InChI is InChI=1S/C18H24FNO5/c1-18(2,3)25-17(23)20-8-9-24-15(11-20)14(10-16(21)22)12-4-6-13(19)7-5-12/h4-7,14-15H,8-11H2,1-3H3,(H,21,22). The summed E-state index contributed by atoms with van der Waals surface area (Å²) < 4.78 is 24.3. The molecule has 0 aliphatic carbocycles. The molecule has 1 saturated heterocycles.